The number of carbonyl (C=O) groups is 2. The molecule has 6 heteroatoms. The molecule has 0 spiro atoms. The van der Waals surface area contributed by atoms with E-state index >= 15 is 0 Å². The van der Waals surface area contributed by atoms with Crippen LogP contribution in [-0.4, -0.2) is 18.4 Å². The fraction of sp³-hybridized carbons (Fsp3) is 0.385. The van der Waals surface area contributed by atoms with Crippen molar-refractivity contribution in [1.29, 1.82) is 0 Å². The van der Waals surface area contributed by atoms with Crippen LogP contribution in [0, 0.1) is 0 Å². The Morgan fingerprint density at radius 1 is 1.26 bits per heavy atom. The molecule has 2 amide bonds. The molecule has 0 radical (unpaired) electrons. The molecule has 1 aromatic carbocycles. The minimum atomic E-state index is -0.711. The summed E-state index contributed by atoms with van der Waals surface area (Å²) < 4.78 is 0. The van der Waals surface area contributed by atoms with E-state index in [2.05, 4.69) is 17.6 Å². The average molecular weight is 284 g/mol. The standard InChI is InChI=1S/C13H18ClN3O2/c1-2-3-4-7-16-12(18)13(19)17-9-5-6-11(15)10(14)8-9/h5-6,8H,2-4,7,15H2,1H3,(H,16,18)(H,17,19). The number of amides is 2. The lowest BCUT2D eigenvalue weighted by atomic mass is 10.2. The Labute approximate surface area is 117 Å². The number of unbranched alkanes of at least 4 members (excludes halogenated alkanes) is 2. The topological polar surface area (TPSA) is 84.2 Å². The summed E-state index contributed by atoms with van der Waals surface area (Å²) in [5, 5.41) is 5.35. The first-order valence-corrected chi connectivity index (χ1v) is 6.56. The van der Waals surface area contributed by atoms with Crippen LogP contribution in [0.25, 0.3) is 0 Å². The molecule has 0 aliphatic carbocycles. The van der Waals surface area contributed by atoms with Gasteiger partial charge in [0.2, 0.25) is 0 Å². The maximum Gasteiger partial charge on any atom is 0.313 e. The fourth-order valence-corrected chi connectivity index (χ4v) is 1.63. The number of nitrogen functional groups attached to an aromatic ring is 1. The highest BCUT2D eigenvalue weighted by Gasteiger charge is 2.13. The molecule has 1 aromatic rings. The van der Waals surface area contributed by atoms with Crippen LogP contribution in [0.2, 0.25) is 5.02 Å². The largest absolute Gasteiger partial charge is 0.398 e. The Morgan fingerprint density at radius 2 is 2.00 bits per heavy atom. The van der Waals surface area contributed by atoms with E-state index in [9.17, 15) is 9.59 Å². The maximum absolute atomic E-state index is 11.6. The first kappa shape index (κ1) is 15.3. The van der Waals surface area contributed by atoms with E-state index in [1.54, 1.807) is 12.1 Å². The second-order valence-electron chi connectivity index (χ2n) is 4.15. The van der Waals surface area contributed by atoms with Crippen molar-refractivity contribution in [2.24, 2.45) is 0 Å². The molecule has 0 aliphatic rings. The van der Waals surface area contributed by atoms with Gasteiger partial charge in [0.1, 0.15) is 0 Å². The van der Waals surface area contributed by atoms with E-state index in [1.165, 1.54) is 6.07 Å². The monoisotopic (exact) mass is 283 g/mol. The van der Waals surface area contributed by atoms with Gasteiger partial charge in [0.05, 0.1) is 10.7 Å². The number of hydrogen-bond acceptors (Lipinski definition) is 3. The molecular weight excluding hydrogens is 266 g/mol. The first-order chi connectivity index (χ1) is 9.04. The number of nitrogens with two attached hydrogens (primary N) is 1. The van der Waals surface area contributed by atoms with Gasteiger partial charge in [-0.1, -0.05) is 31.4 Å². The summed E-state index contributed by atoms with van der Waals surface area (Å²) in [7, 11) is 0. The highest BCUT2D eigenvalue weighted by atomic mass is 35.5. The van der Waals surface area contributed by atoms with Crippen LogP contribution in [0.1, 0.15) is 26.2 Å². The number of hydrogen-bond donors (Lipinski definition) is 3. The lowest BCUT2D eigenvalue weighted by Gasteiger charge is -2.07. The highest BCUT2D eigenvalue weighted by molar-refractivity contribution is 6.40. The third-order valence-electron chi connectivity index (χ3n) is 2.53. The zero-order valence-electron chi connectivity index (χ0n) is 10.8. The molecule has 0 saturated carbocycles. The van der Waals surface area contributed by atoms with Gasteiger partial charge < -0.3 is 16.4 Å². The van der Waals surface area contributed by atoms with Crippen molar-refractivity contribution in [2.75, 3.05) is 17.6 Å². The Morgan fingerprint density at radius 3 is 2.63 bits per heavy atom. The van der Waals surface area contributed by atoms with Crippen molar-refractivity contribution < 1.29 is 9.59 Å². The van der Waals surface area contributed by atoms with Crippen molar-refractivity contribution in [3.05, 3.63) is 23.2 Å². The van der Waals surface area contributed by atoms with E-state index < -0.39 is 11.8 Å². The molecule has 104 valence electrons. The fourth-order valence-electron chi connectivity index (χ4n) is 1.45. The molecular formula is C13H18ClN3O2. The Bertz CT molecular complexity index is 463. The summed E-state index contributed by atoms with van der Waals surface area (Å²) in [4.78, 5) is 23.1. The zero-order chi connectivity index (χ0) is 14.3. The number of halogens is 1. The average Bonchev–Trinajstić information content (AvgIpc) is 2.38. The summed E-state index contributed by atoms with van der Waals surface area (Å²) in [5.74, 6) is -1.36. The summed E-state index contributed by atoms with van der Waals surface area (Å²) in [5.41, 5.74) is 6.41. The number of anilines is 2. The second-order valence-corrected chi connectivity index (χ2v) is 4.56. The quantitative estimate of drug-likeness (QED) is 0.440. The van der Waals surface area contributed by atoms with Gasteiger partial charge in [-0.2, -0.15) is 0 Å². The summed E-state index contributed by atoms with van der Waals surface area (Å²) in [6.07, 6.45) is 2.95. The van der Waals surface area contributed by atoms with Crippen molar-refractivity contribution in [3.63, 3.8) is 0 Å². The number of nitrogens with one attached hydrogen (secondary N) is 2. The van der Waals surface area contributed by atoms with Crippen molar-refractivity contribution in [2.45, 2.75) is 26.2 Å². The molecule has 1 rings (SSSR count). The van der Waals surface area contributed by atoms with E-state index in [4.69, 9.17) is 17.3 Å². The van der Waals surface area contributed by atoms with Crippen molar-refractivity contribution in [1.82, 2.24) is 5.32 Å². The van der Waals surface area contributed by atoms with Crippen molar-refractivity contribution in [3.8, 4) is 0 Å². The van der Waals surface area contributed by atoms with Crippen LogP contribution >= 0.6 is 11.6 Å². The Kier molecular flexibility index (Phi) is 6.15. The van der Waals surface area contributed by atoms with E-state index in [1.807, 2.05) is 0 Å². The SMILES string of the molecule is CCCCCNC(=O)C(=O)Nc1ccc(N)c(Cl)c1. The minimum absolute atomic E-state index is 0.334. The van der Waals surface area contributed by atoms with Gasteiger partial charge in [-0.15, -0.1) is 0 Å². The molecule has 0 bridgehead atoms. The maximum atomic E-state index is 11.6. The molecule has 0 unspecified atom stereocenters. The predicted molar refractivity (Wildman–Crippen MR) is 77.0 cm³/mol. The molecule has 19 heavy (non-hydrogen) atoms. The van der Waals surface area contributed by atoms with Gasteiger partial charge in [-0.3, -0.25) is 9.59 Å². The Hall–Kier alpha value is -1.75. The molecule has 0 saturated heterocycles. The molecule has 0 fully saturated rings. The van der Waals surface area contributed by atoms with Gasteiger partial charge in [-0.05, 0) is 24.6 Å². The molecule has 0 aliphatic heterocycles. The minimum Gasteiger partial charge on any atom is -0.398 e. The lowest BCUT2D eigenvalue weighted by Crippen LogP contribution is -2.35. The van der Waals surface area contributed by atoms with Crippen LogP contribution in [0.3, 0.4) is 0 Å². The van der Waals surface area contributed by atoms with Gasteiger partial charge in [-0.25, -0.2) is 0 Å². The second kappa shape index (κ2) is 7.63. The molecule has 0 atom stereocenters. The zero-order valence-corrected chi connectivity index (χ0v) is 11.6. The number of carbonyl (C=O) groups excluding carboxylic acids is 2. The van der Waals surface area contributed by atoms with Gasteiger partial charge in [0.15, 0.2) is 0 Å². The summed E-state index contributed by atoms with van der Waals surface area (Å²) in [6.45, 7) is 2.57. The number of rotatable bonds is 5. The van der Waals surface area contributed by atoms with Crippen LogP contribution in [0.4, 0.5) is 11.4 Å². The van der Waals surface area contributed by atoms with Crippen LogP contribution < -0.4 is 16.4 Å². The molecule has 5 nitrogen and oxygen atoms in total. The van der Waals surface area contributed by atoms with Crippen molar-refractivity contribution >= 4 is 34.8 Å². The molecule has 4 N–H and O–H groups in total. The van der Waals surface area contributed by atoms with Crippen LogP contribution in [0.15, 0.2) is 18.2 Å². The first-order valence-electron chi connectivity index (χ1n) is 6.18. The van der Waals surface area contributed by atoms with Gasteiger partial charge in [0.25, 0.3) is 0 Å². The van der Waals surface area contributed by atoms with Gasteiger partial charge in [0, 0.05) is 12.2 Å². The van der Waals surface area contributed by atoms with E-state index in [0.29, 0.717) is 22.9 Å². The van der Waals surface area contributed by atoms with Gasteiger partial charge >= 0.3 is 11.8 Å². The van der Waals surface area contributed by atoms with E-state index in [0.717, 1.165) is 19.3 Å². The predicted octanol–water partition coefficient (Wildman–Crippen LogP) is 2.17. The summed E-state index contributed by atoms with van der Waals surface area (Å²) >= 11 is 5.82. The number of benzene rings is 1. The van der Waals surface area contributed by atoms with Crippen LogP contribution in [0.5, 0.6) is 0 Å². The summed E-state index contributed by atoms with van der Waals surface area (Å²) in [6, 6.07) is 4.65. The van der Waals surface area contributed by atoms with Crippen LogP contribution in [-0.2, 0) is 9.59 Å². The third-order valence-corrected chi connectivity index (χ3v) is 2.86. The molecule has 0 aromatic heterocycles. The van der Waals surface area contributed by atoms with E-state index in [-0.39, 0.29) is 0 Å². The lowest BCUT2D eigenvalue weighted by molar-refractivity contribution is -0.136. The normalized spacial score (nSPS) is 10.0. The highest BCUT2D eigenvalue weighted by Crippen LogP contribution is 2.22. The Balaban J connectivity index is 2.45. The smallest absolute Gasteiger partial charge is 0.313 e. The molecule has 0 heterocycles. The third kappa shape index (κ3) is 5.18.